The minimum absolute atomic E-state index is 0.376. The van der Waals surface area contributed by atoms with Gasteiger partial charge in [-0.2, -0.15) is 0 Å². The summed E-state index contributed by atoms with van der Waals surface area (Å²) < 4.78 is 22.2. The Balaban J connectivity index is 1.22. The lowest BCUT2D eigenvalue weighted by Crippen LogP contribution is -2.45. The first-order valence-electron chi connectivity index (χ1n) is 11.4. The second-order valence-electron chi connectivity index (χ2n) is 8.52. The maximum atomic E-state index is 13.2. The predicted octanol–water partition coefficient (Wildman–Crippen LogP) is 1.73. The molecule has 1 atom stereocenters. The van der Waals surface area contributed by atoms with Gasteiger partial charge in [-0.15, -0.1) is 0 Å². The third kappa shape index (κ3) is 4.44. The number of benzene rings is 2. The highest BCUT2D eigenvalue weighted by Crippen LogP contribution is 2.36. The van der Waals surface area contributed by atoms with Crippen LogP contribution in [0.15, 0.2) is 36.4 Å². The van der Waals surface area contributed by atoms with E-state index in [4.69, 9.17) is 18.9 Å². The molecule has 12 heteroatoms. The van der Waals surface area contributed by atoms with E-state index >= 15 is 0 Å². The Hall–Kier alpha value is -4.48. The van der Waals surface area contributed by atoms with Gasteiger partial charge in [0.1, 0.15) is 25.3 Å². The van der Waals surface area contributed by atoms with Crippen molar-refractivity contribution in [2.24, 2.45) is 0 Å². The number of carbonyl (C=O) groups excluding carboxylic acids is 4. The van der Waals surface area contributed by atoms with Gasteiger partial charge in [-0.05, 0) is 36.8 Å². The SMILES string of the molecule is CC1(c2ccc3c(c2)OCCCO3)NC(=O)N(CC(=O)NC(=O)Nc2ccc3c(c2)OCCO3)C1=O. The fourth-order valence-electron chi connectivity index (χ4n) is 4.10. The number of ether oxygens (including phenoxy) is 4. The second kappa shape index (κ2) is 9.29. The first-order chi connectivity index (χ1) is 17.3. The van der Waals surface area contributed by atoms with E-state index in [9.17, 15) is 19.2 Å². The van der Waals surface area contributed by atoms with E-state index in [0.29, 0.717) is 60.7 Å². The Morgan fingerprint density at radius 2 is 1.56 bits per heavy atom. The number of amides is 6. The number of fused-ring (bicyclic) bond motifs is 2. The van der Waals surface area contributed by atoms with Crippen molar-refractivity contribution in [3.8, 4) is 23.0 Å². The number of hydrogen-bond donors (Lipinski definition) is 3. The lowest BCUT2D eigenvalue weighted by atomic mass is 9.91. The Morgan fingerprint density at radius 1 is 0.917 bits per heavy atom. The Morgan fingerprint density at radius 3 is 2.33 bits per heavy atom. The molecule has 0 saturated carbocycles. The number of urea groups is 2. The third-order valence-electron chi connectivity index (χ3n) is 5.95. The summed E-state index contributed by atoms with van der Waals surface area (Å²) in [5, 5.41) is 7.26. The zero-order chi connectivity index (χ0) is 25.3. The molecule has 2 aromatic rings. The van der Waals surface area contributed by atoms with Crippen molar-refractivity contribution >= 4 is 29.6 Å². The fourth-order valence-corrected chi connectivity index (χ4v) is 4.10. The standard InChI is InChI=1S/C24H24N4O8/c1-24(14-3-5-16-18(11-14)34-8-2-7-33-16)21(30)28(23(32)27-24)13-20(29)26-22(31)25-15-4-6-17-19(12-15)36-10-9-35-17/h3-6,11-12H,2,7-10,13H2,1H3,(H,27,32)(H2,25,26,29,31). The molecule has 12 nitrogen and oxygen atoms in total. The largest absolute Gasteiger partial charge is 0.490 e. The molecule has 6 amide bonds. The fraction of sp³-hybridized carbons (Fsp3) is 0.333. The minimum atomic E-state index is -1.42. The number of hydrogen-bond acceptors (Lipinski definition) is 8. The topological polar surface area (TPSA) is 145 Å². The van der Waals surface area contributed by atoms with Crippen LogP contribution in [0.1, 0.15) is 18.9 Å². The number of carbonyl (C=O) groups is 4. The predicted molar refractivity (Wildman–Crippen MR) is 124 cm³/mol. The molecule has 0 aromatic heterocycles. The molecule has 0 radical (unpaired) electrons. The second-order valence-corrected chi connectivity index (χ2v) is 8.52. The Kier molecular flexibility index (Phi) is 6.00. The minimum Gasteiger partial charge on any atom is -0.490 e. The zero-order valence-corrected chi connectivity index (χ0v) is 19.4. The van der Waals surface area contributed by atoms with E-state index in [2.05, 4.69) is 16.0 Å². The van der Waals surface area contributed by atoms with Crippen molar-refractivity contribution in [2.75, 3.05) is 38.3 Å². The molecule has 188 valence electrons. The number of nitrogens with one attached hydrogen (secondary N) is 3. The van der Waals surface area contributed by atoms with Crippen LogP contribution in [0.4, 0.5) is 15.3 Å². The smallest absolute Gasteiger partial charge is 0.325 e. The maximum absolute atomic E-state index is 13.2. The van der Waals surface area contributed by atoms with Gasteiger partial charge in [0.15, 0.2) is 23.0 Å². The van der Waals surface area contributed by atoms with Crippen LogP contribution in [0, 0.1) is 0 Å². The summed E-state index contributed by atoms with van der Waals surface area (Å²) >= 11 is 0. The maximum Gasteiger partial charge on any atom is 0.325 e. The molecule has 3 N–H and O–H groups in total. The van der Waals surface area contributed by atoms with Crippen LogP contribution < -0.4 is 34.9 Å². The van der Waals surface area contributed by atoms with Gasteiger partial charge in [0.25, 0.3) is 5.91 Å². The van der Waals surface area contributed by atoms with Crippen molar-refractivity contribution in [2.45, 2.75) is 18.9 Å². The molecule has 0 spiro atoms. The summed E-state index contributed by atoms with van der Waals surface area (Å²) in [6.45, 7) is 2.71. The average Bonchev–Trinajstić information content (AvgIpc) is 3.01. The molecule has 1 saturated heterocycles. The van der Waals surface area contributed by atoms with Gasteiger partial charge in [-0.25, -0.2) is 9.59 Å². The monoisotopic (exact) mass is 496 g/mol. The lowest BCUT2D eigenvalue weighted by molar-refractivity contribution is -0.134. The van der Waals surface area contributed by atoms with Gasteiger partial charge in [0.2, 0.25) is 5.91 Å². The molecule has 3 heterocycles. The van der Waals surface area contributed by atoms with Crippen LogP contribution in [0.5, 0.6) is 23.0 Å². The molecule has 1 fully saturated rings. The molecule has 2 aromatic carbocycles. The first kappa shape index (κ1) is 23.3. The van der Waals surface area contributed by atoms with E-state index < -0.39 is 36.0 Å². The molecule has 3 aliphatic heterocycles. The van der Waals surface area contributed by atoms with Crippen LogP contribution in [-0.2, 0) is 15.1 Å². The van der Waals surface area contributed by atoms with Gasteiger partial charge >= 0.3 is 12.1 Å². The van der Waals surface area contributed by atoms with Crippen molar-refractivity contribution in [3.63, 3.8) is 0 Å². The highest BCUT2D eigenvalue weighted by Gasteiger charge is 2.49. The van der Waals surface area contributed by atoms with Crippen molar-refractivity contribution in [3.05, 3.63) is 42.0 Å². The van der Waals surface area contributed by atoms with Crippen LogP contribution in [0.3, 0.4) is 0 Å². The summed E-state index contributed by atoms with van der Waals surface area (Å²) in [6.07, 6.45) is 0.724. The van der Waals surface area contributed by atoms with Gasteiger partial charge in [-0.1, -0.05) is 6.07 Å². The van der Waals surface area contributed by atoms with Crippen molar-refractivity contribution in [1.29, 1.82) is 0 Å². The van der Waals surface area contributed by atoms with E-state index in [0.717, 1.165) is 11.3 Å². The van der Waals surface area contributed by atoms with Crippen LogP contribution in [0.2, 0.25) is 0 Å². The van der Waals surface area contributed by atoms with Crippen molar-refractivity contribution in [1.82, 2.24) is 15.5 Å². The van der Waals surface area contributed by atoms with E-state index in [-0.39, 0.29) is 0 Å². The van der Waals surface area contributed by atoms with E-state index in [1.165, 1.54) is 0 Å². The molecule has 5 rings (SSSR count). The number of imide groups is 2. The van der Waals surface area contributed by atoms with Gasteiger partial charge in [-0.3, -0.25) is 19.8 Å². The quantitative estimate of drug-likeness (QED) is 0.543. The number of nitrogens with zero attached hydrogens (tertiary/aromatic N) is 1. The average molecular weight is 496 g/mol. The highest BCUT2D eigenvalue weighted by molar-refractivity contribution is 6.10. The molecular formula is C24H24N4O8. The number of anilines is 1. The molecule has 36 heavy (non-hydrogen) atoms. The molecule has 0 bridgehead atoms. The van der Waals surface area contributed by atoms with Gasteiger partial charge in [0.05, 0.1) is 13.2 Å². The summed E-state index contributed by atoms with van der Waals surface area (Å²) in [5.74, 6) is 0.579. The summed E-state index contributed by atoms with van der Waals surface area (Å²) in [4.78, 5) is 51.3. The molecule has 3 aliphatic rings. The molecule has 0 aliphatic carbocycles. The van der Waals surface area contributed by atoms with Gasteiger partial charge in [0, 0.05) is 18.2 Å². The van der Waals surface area contributed by atoms with E-state index in [1.807, 2.05) is 0 Å². The van der Waals surface area contributed by atoms with Crippen molar-refractivity contribution < 1.29 is 38.1 Å². The number of rotatable bonds is 4. The van der Waals surface area contributed by atoms with E-state index in [1.54, 1.807) is 43.3 Å². The summed E-state index contributed by atoms with van der Waals surface area (Å²) in [6, 6.07) is 8.20. The summed E-state index contributed by atoms with van der Waals surface area (Å²) in [7, 11) is 0. The van der Waals surface area contributed by atoms with Crippen LogP contribution in [0.25, 0.3) is 0 Å². The normalized spacial score (nSPS) is 20.3. The summed E-state index contributed by atoms with van der Waals surface area (Å²) in [5.41, 5.74) is -0.568. The molecule has 1 unspecified atom stereocenters. The van der Waals surface area contributed by atoms with Crippen LogP contribution >= 0.6 is 0 Å². The van der Waals surface area contributed by atoms with Gasteiger partial charge < -0.3 is 29.6 Å². The lowest BCUT2D eigenvalue weighted by Gasteiger charge is -2.23. The van der Waals surface area contributed by atoms with Crippen LogP contribution in [-0.4, -0.2) is 61.7 Å². The zero-order valence-electron chi connectivity index (χ0n) is 19.4. The Bertz CT molecular complexity index is 1250. The first-order valence-corrected chi connectivity index (χ1v) is 11.4. The third-order valence-corrected chi connectivity index (χ3v) is 5.95. The highest BCUT2D eigenvalue weighted by atomic mass is 16.6. The molecular weight excluding hydrogens is 472 g/mol. The Labute approximate surface area is 205 Å².